The number of rotatable bonds is 9. The minimum Gasteiger partial charge on any atom is -0.495 e. The summed E-state index contributed by atoms with van der Waals surface area (Å²) in [6.07, 6.45) is 10.4. The lowest BCUT2D eigenvalue weighted by molar-refractivity contribution is -0.149. The summed E-state index contributed by atoms with van der Waals surface area (Å²) in [5.41, 5.74) is 2.27. The van der Waals surface area contributed by atoms with E-state index in [0.717, 1.165) is 62.0 Å². The molecule has 0 spiro atoms. The Hall–Kier alpha value is -2.70. The summed E-state index contributed by atoms with van der Waals surface area (Å²) in [5, 5.41) is 0. The molecule has 2 aliphatic carbocycles. The number of aromatic nitrogens is 3. The van der Waals surface area contributed by atoms with Gasteiger partial charge < -0.3 is 14.2 Å². The maximum absolute atomic E-state index is 12.1. The standard InChI is InChI=1S/C25H33N3O4/c1-4-31-24(29)19-7-5-18(6-8-19)21-16-26-17(2)28-23(21)32-14-13-25(11-12-25)22-10-9-20(30-3)15-27-22/h9-10,15-16,18-19H,4-8,11-14H2,1-3H3. The highest BCUT2D eigenvalue weighted by atomic mass is 16.5. The summed E-state index contributed by atoms with van der Waals surface area (Å²) in [7, 11) is 1.65. The number of aryl methyl sites for hydroxylation is 1. The van der Waals surface area contributed by atoms with E-state index < -0.39 is 0 Å². The number of hydrogen-bond acceptors (Lipinski definition) is 7. The molecule has 0 unspecified atom stereocenters. The molecule has 2 aromatic rings. The monoisotopic (exact) mass is 439 g/mol. The second kappa shape index (κ2) is 9.84. The molecule has 0 saturated heterocycles. The van der Waals surface area contributed by atoms with Crippen molar-refractivity contribution >= 4 is 5.97 Å². The summed E-state index contributed by atoms with van der Waals surface area (Å²) in [6, 6.07) is 4.04. The summed E-state index contributed by atoms with van der Waals surface area (Å²) in [5.74, 6) is 2.43. The molecule has 0 N–H and O–H groups in total. The van der Waals surface area contributed by atoms with Crippen molar-refractivity contribution in [1.29, 1.82) is 0 Å². The molecule has 2 fully saturated rings. The van der Waals surface area contributed by atoms with Crippen LogP contribution in [0.15, 0.2) is 24.5 Å². The maximum atomic E-state index is 12.1. The van der Waals surface area contributed by atoms with Gasteiger partial charge in [-0.2, -0.15) is 4.98 Å². The van der Waals surface area contributed by atoms with Crippen molar-refractivity contribution in [2.45, 2.75) is 70.1 Å². The average molecular weight is 440 g/mol. The highest BCUT2D eigenvalue weighted by Crippen LogP contribution is 2.50. The molecule has 172 valence electrons. The molecular weight excluding hydrogens is 406 g/mol. The first-order valence-electron chi connectivity index (χ1n) is 11.7. The molecule has 0 aliphatic heterocycles. The van der Waals surface area contributed by atoms with Gasteiger partial charge in [-0.15, -0.1) is 0 Å². The number of carbonyl (C=O) groups excluding carboxylic acids is 1. The summed E-state index contributed by atoms with van der Waals surface area (Å²) in [4.78, 5) is 25.7. The Labute approximate surface area is 189 Å². The van der Waals surface area contributed by atoms with Crippen LogP contribution in [-0.2, 0) is 14.9 Å². The molecule has 2 saturated carbocycles. The maximum Gasteiger partial charge on any atom is 0.308 e. The minimum absolute atomic E-state index is 0.00802. The summed E-state index contributed by atoms with van der Waals surface area (Å²) in [6.45, 7) is 4.77. The van der Waals surface area contributed by atoms with Crippen LogP contribution in [0.3, 0.4) is 0 Å². The van der Waals surface area contributed by atoms with E-state index in [0.29, 0.717) is 30.8 Å². The third-order valence-corrected chi connectivity index (χ3v) is 6.88. The third kappa shape index (κ3) is 5.03. The molecule has 2 aliphatic rings. The normalized spacial score (nSPS) is 21.6. The predicted octanol–water partition coefficient (Wildman–Crippen LogP) is 4.53. The number of methoxy groups -OCH3 is 1. The Balaban J connectivity index is 1.37. The lowest BCUT2D eigenvalue weighted by Crippen LogP contribution is -2.23. The van der Waals surface area contributed by atoms with E-state index in [1.54, 1.807) is 13.3 Å². The van der Waals surface area contributed by atoms with Crippen molar-refractivity contribution in [2.24, 2.45) is 5.92 Å². The first-order chi connectivity index (χ1) is 15.5. The molecule has 2 heterocycles. The van der Waals surface area contributed by atoms with Crippen LogP contribution in [0, 0.1) is 12.8 Å². The van der Waals surface area contributed by atoms with Gasteiger partial charge >= 0.3 is 5.97 Å². The van der Waals surface area contributed by atoms with Gasteiger partial charge in [-0.25, -0.2) is 4.98 Å². The van der Waals surface area contributed by atoms with E-state index in [1.165, 1.54) is 0 Å². The zero-order valence-corrected chi connectivity index (χ0v) is 19.3. The number of hydrogen-bond donors (Lipinski definition) is 0. The fourth-order valence-corrected chi connectivity index (χ4v) is 4.70. The van der Waals surface area contributed by atoms with Crippen LogP contribution in [0.25, 0.3) is 0 Å². The third-order valence-electron chi connectivity index (χ3n) is 6.88. The van der Waals surface area contributed by atoms with Crippen LogP contribution in [0.4, 0.5) is 0 Å². The van der Waals surface area contributed by atoms with Crippen molar-refractivity contribution in [3.8, 4) is 11.6 Å². The van der Waals surface area contributed by atoms with Gasteiger partial charge in [-0.1, -0.05) is 0 Å². The Morgan fingerprint density at radius 2 is 1.91 bits per heavy atom. The van der Waals surface area contributed by atoms with Gasteiger partial charge in [0.05, 0.1) is 32.4 Å². The van der Waals surface area contributed by atoms with Gasteiger partial charge in [-0.3, -0.25) is 9.78 Å². The van der Waals surface area contributed by atoms with Crippen LogP contribution in [-0.4, -0.2) is 41.2 Å². The molecule has 2 aromatic heterocycles. The average Bonchev–Trinajstić information content (AvgIpc) is 3.60. The van der Waals surface area contributed by atoms with E-state index in [1.807, 2.05) is 26.1 Å². The molecule has 7 nitrogen and oxygen atoms in total. The van der Waals surface area contributed by atoms with E-state index in [9.17, 15) is 4.79 Å². The van der Waals surface area contributed by atoms with E-state index >= 15 is 0 Å². The van der Waals surface area contributed by atoms with Gasteiger partial charge in [-0.05, 0) is 76.8 Å². The molecule has 0 bridgehead atoms. The number of carbonyl (C=O) groups is 1. The SMILES string of the molecule is CCOC(=O)C1CCC(c2cnc(C)nc2OCCC2(c3ccc(OC)cn3)CC2)CC1. The first kappa shape index (κ1) is 22.5. The fourth-order valence-electron chi connectivity index (χ4n) is 4.70. The Morgan fingerprint density at radius 1 is 1.12 bits per heavy atom. The zero-order chi connectivity index (χ0) is 22.6. The number of ether oxygens (including phenoxy) is 3. The van der Waals surface area contributed by atoms with E-state index in [4.69, 9.17) is 14.2 Å². The fraction of sp³-hybridized carbons (Fsp3) is 0.600. The molecule has 32 heavy (non-hydrogen) atoms. The second-order valence-electron chi connectivity index (χ2n) is 8.94. The Bertz CT molecular complexity index is 919. The lowest BCUT2D eigenvalue weighted by Gasteiger charge is -2.28. The van der Waals surface area contributed by atoms with Crippen LogP contribution < -0.4 is 9.47 Å². The number of nitrogens with zero attached hydrogens (tertiary/aromatic N) is 3. The largest absolute Gasteiger partial charge is 0.495 e. The summed E-state index contributed by atoms with van der Waals surface area (Å²) < 4.78 is 16.7. The van der Waals surface area contributed by atoms with Crippen molar-refractivity contribution < 1.29 is 19.0 Å². The molecule has 0 radical (unpaired) electrons. The van der Waals surface area contributed by atoms with E-state index in [-0.39, 0.29) is 17.3 Å². The van der Waals surface area contributed by atoms with Crippen LogP contribution in [0.2, 0.25) is 0 Å². The van der Waals surface area contributed by atoms with Gasteiger partial charge in [0.1, 0.15) is 11.6 Å². The Morgan fingerprint density at radius 3 is 2.53 bits per heavy atom. The number of pyridine rings is 1. The van der Waals surface area contributed by atoms with Crippen LogP contribution in [0.5, 0.6) is 11.6 Å². The van der Waals surface area contributed by atoms with Crippen LogP contribution in [0.1, 0.15) is 74.9 Å². The predicted molar refractivity (Wildman–Crippen MR) is 120 cm³/mol. The van der Waals surface area contributed by atoms with Gasteiger partial charge in [0, 0.05) is 22.9 Å². The highest BCUT2D eigenvalue weighted by molar-refractivity contribution is 5.72. The van der Waals surface area contributed by atoms with Gasteiger partial charge in [0.15, 0.2) is 0 Å². The molecule has 0 aromatic carbocycles. The van der Waals surface area contributed by atoms with E-state index in [2.05, 4.69) is 21.0 Å². The molecule has 7 heteroatoms. The van der Waals surface area contributed by atoms with Crippen molar-refractivity contribution in [3.05, 3.63) is 41.6 Å². The zero-order valence-electron chi connectivity index (χ0n) is 19.3. The van der Waals surface area contributed by atoms with Crippen molar-refractivity contribution in [2.75, 3.05) is 20.3 Å². The molecule has 4 rings (SSSR count). The lowest BCUT2D eigenvalue weighted by atomic mass is 9.79. The van der Waals surface area contributed by atoms with Crippen molar-refractivity contribution in [3.63, 3.8) is 0 Å². The molecule has 0 atom stereocenters. The Kier molecular flexibility index (Phi) is 6.92. The second-order valence-corrected chi connectivity index (χ2v) is 8.94. The molecule has 0 amide bonds. The quantitative estimate of drug-likeness (QED) is 0.531. The minimum atomic E-state index is -0.0653. The summed E-state index contributed by atoms with van der Waals surface area (Å²) >= 11 is 0. The molecular formula is C25H33N3O4. The number of esters is 1. The smallest absolute Gasteiger partial charge is 0.308 e. The van der Waals surface area contributed by atoms with Crippen molar-refractivity contribution in [1.82, 2.24) is 15.0 Å². The topological polar surface area (TPSA) is 83.4 Å². The first-order valence-corrected chi connectivity index (χ1v) is 11.7. The highest BCUT2D eigenvalue weighted by Gasteiger charge is 2.45. The van der Waals surface area contributed by atoms with Gasteiger partial charge in [0.2, 0.25) is 5.88 Å². The van der Waals surface area contributed by atoms with Gasteiger partial charge in [0.25, 0.3) is 0 Å². The van der Waals surface area contributed by atoms with Crippen LogP contribution >= 0.6 is 0 Å².